The van der Waals surface area contributed by atoms with Gasteiger partial charge in [0.2, 0.25) is 0 Å². The van der Waals surface area contributed by atoms with Gasteiger partial charge in [-0.15, -0.1) is 0 Å². The molecule has 0 aromatic carbocycles. The van der Waals surface area contributed by atoms with Crippen molar-refractivity contribution in [3.8, 4) is 0 Å². The summed E-state index contributed by atoms with van der Waals surface area (Å²) in [5.41, 5.74) is 0. The molecule has 7 heteroatoms. The Bertz CT molecular complexity index is 460. The fraction of sp³-hybridized carbons (Fsp3) is 0.929. The standard InChI is InChI=1S/C14H26N2O4S/c1-15(13-8-4-3-5-9-13)21(18,19)16-10-6-7-12(11-16)14(17)20-2/h12-13H,3-11H2,1-2H3/t12-/m0/s1. The van der Waals surface area contributed by atoms with E-state index in [1.165, 1.54) is 22.1 Å². The molecule has 1 aliphatic heterocycles. The first-order chi connectivity index (χ1) is 9.96. The molecule has 6 nitrogen and oxygen atoms in total. The molecule has 0 spiro atoms. The van der Waals surface area contributed by atoms with Crippen molar-refractivity contribution in [2.24, 2.45) is 5.92 Å². The zero-order chi connectivity index (χ0) is 15.5. The summed E-state index contributed by atoms with van der Waals surface area (Å²) in [6, 6.07) is 0.0993. The molecule has 122 valence electrons. The van der Waals surface area contributed by atoms with Crippen molar-refractivity contribution in [1.82, 2.24) is 8.61 Å². The van der Waals surface area contributed by atoms with E-state index in [0.717, 1.165) is 25.7 Å². The number of piperidine rings is 1. The second-order valence-corrected chi connectivity index (χ2v) is 8.02. The van der Waals surface area contributed by atoms with Crippen molar-refractivity contribution in [3.05, 3.63) is 0 Å². The van der Waals surface area contributed by atoms with E-state index in [1.807, 2.05) is 0 Å². The first kappa shape index (κ1) is 16.7. The molecule has 21 heavy (non-hydrogen) atoms. The Kier molecular flexibility index (Phi) is 5.62. The first-order valence-corrected chi connectivity index (χ1v) is 9.17. The van der Waals surface area contributed by atoms with Crippen molar-refractivity contribution in [3.63, 3.8) is 0 Å². The summed E-state index contributed by atoms with van der Waals surface area (Å²) in [4.78, 5) is 11.7. The zero-order valence-electron chi connectivity index (χ0n) is 13.0. The fourth-order valence-electron chi connectivity index (χ4n) is 3.33. The topological polar surface area (TPSA) is 66.9 Å². The van der Waals surface area contributed by atoms with Crippen LogP contribution >= 0.6 is 0 Å². The Balaban J connectivity index is 2.05. The Labute approximate surface area is 127 Å². The lowest BCUT2D eigenvalue weighted by Crippen LogP contribution is -2.51. The molecule has 1 saturated heterocycles. The third kappa shape index (κ3) is 3.76. The van der Waals surface area contributed by atoms with Crippen LogP contribution < -0.4 is 0 Å². The molecule has 0 amide bonds. The summed E-state index contributed by atoms with van der Waals surface area (Å²) in [6.07, 6.45) is 6.65. The highest BCUT2D eigenvalue weighted by molar-refractivity contribution is 7.86. The van der Waals surface area contributed by atoms with E-state index in [2.05, 4.69) is 0 Å². The molecular formula is C14H26N2O4S. The smallest absolute Gasteiger partial charge is 0.309 e. The lowest BCUT2D eigenvalue weighted by molar-refractivity contribution is -0.146. The SMILES string of the molecule is COC(=O)[C@H]1CCCN(S(=O)(=O)N(C)C2CCCCC2)C1. The largest absolute Gasteiger partial charge is 0.469 e. The van der Waals surface area contributed by atoms with E-state index in [-0.39, 0.29) is 24.5 Å². The van der Waals surface area contributed by atoms with Crippen LogP contribution in [0.3, 0.4) is 0 Å². The Hall–Kier alpha value is -0.660. The molecule has 2 fully saturated rings. The Morgan fingerprint density at radius 2 is 1.81 bits per heavy atom. The number of esters is 1. The summed E-state index contributed by atoms with van der Waals surface area (Å²) < 4.78 is 33.2. The van der Waals surface area contributed by atoms with Gasteiger partial charge in [-0.3, -0.25) is 4.79 Å². The van der Waals surface area contributed by atoms with Gasteiger partial charge in [0.05, 0.1) is 13.0 Å². The summed E-state index contributed by atoms with van der Waals surface area (Å²) in [6.45, 7) is 0.735. The minimum Gasteiger partial charge on any atom is -0.469 e. The molecule has 0 bridgehead atoms. The average Bonchev–Trinajstić information content (AvgIpc) is 2.54. The number of nitrogens with zero attached hydrogens (tertiary/aromatic N) is 2. The molecule has 1 aliphatic carbocycles. The lowest BCUT2D eigenvalue weighted by Gasteiger charge is -2.37. The van der Waals surface area contributed by atoms with E-state index >= 15 is 0 Å². The molecule has 1 heterocycles. The quantitative estimate of drug-likeness (QED) is 0.735. The van der Waals surface area contributed by atoms with Crippen LogP contribution in [0, 0.1) is 5.92 Å². The number of hydrogen-bond acceptors (Lipinski definition) is 4. The van der Waals surface area contributed by atoms with Crippen LogP contribution in [0.1, 0.15) is 44.9 Å². The summed E-state index contributed by atoms with van der Waals surface area (Å²) in [5.74, 6) is -0.645. The maximum atomic E-state index is 12.7. The number of carbonyl (C=O) groups excluding carboxylic acids is 1. The van der Waals surface area contributed by atoms with Gasteiger partial charge >= 0.3 is 5.97 Å². The molecule has 0 unspecified atom stereocenters. The van der Waals surface area contributed by atoms with Crippen LogP contribution in [0.5, 0.6) is 0 Å². The molecule has 2 aliphatic rings. The van der Waals surface area contributed by atoms with E-state index in [1.54, 1.807) is 7.05 Å². The van der Waals surface area contributed by atoms with Crippen LogP contribution in [0.4, 0.5) is 0 Å². The maximum absolute atomic E-state index is 12.7. The molecule has 1 saturated carbocycles. The van der Waals surface area contributed by atoms with Gasteiger partial charge in [0, 0.05) is 26.2 Å². The van der Waals surface area contributed by atoms with Gasteiger partial charge in [-0.05, 0) is 25.7 Å². The van der Waals surface area contributed by atoms with Crippen molar-refractivity contribution in [2.75, 3.05) is 27.2 Å². The van der Waals surface area contributed by atoms with Gasteiger partial charge in [0.25, 0.3) is 10.2 Å². The normalized spacial score (nSPS) is 26.0. The molecule has 0 aromatic rings. The van der Waals surface area contributed by atoms with Gasteiger partial charge in [-0.2, -0.15) is 17.0 Å². The number of carbonyl (C=O) groups is 1. The highest BCUT2D eigenvalue weighted by Crippen LogP contribution is 2.27. The molecule has 1 atom stereocenters. The van der Waals surface area contributed by atoms with E-state index in [0.29, 0.717) is 19.4 Å². The van der Waals surface area contributed by atoms with Gasteiger partial charge in [-0.25, -0.2) is 0 Å². The van der Waals surface area contributed by atoms with Crippen molar-refractivity contribution < 1.29 is 17.9 Å². The Morgan fingerprint density at radius 1 is 1.14 bits per heavy atom. The number of rotatable bonds is 4. The number of ether oxygens (including phenoxy) is 1. The molecular weight excluding hydrogens is 292 g/mol. The first-order valence-electron chi connectivity index (χ1n) is 7.77. The van der Waals surface area contributed by atoms with Crippen LogP contribution in [0.25, 0.3) is 0 Å². The highest BCUT2D eigenvalue weighted by Gasteiger charge is 2.37. The average molecular weight is 318 g/mol. The second kappa shape index (κ2) is 7.07. The third-order valence-electron chi connectivity index (χ3n) is 4.70. The van der Waals surface area contributed by atoms with Crippen LogP contribution in [0.15, 0.2) is 0 Å². The third-order valence-corrected chi connectivity index (χ3v) is 6.71. The highest BCUT2D eigenvalue weighted by atomic mass is 32.2. The van der Waals surface area contributed by atoms with Gasteiger partial charge in [-0.1, -0.05) is 19.3 Å². The predicted molar refractivity (Wildman–Crippen MR) is 79.9 cm³/mol. The van der Waals surface area contributed by atoms with Crippen molar-refractivity contribution in [2.45, 2.75) is 51.0 Å². The van der Waals surface area contributed by atoms with Gasteiger partial charge in [0.1, 0.15) is 0 Å². The number of methoxy groups -OCH3 is 1. The zero-order valence-corrected chi connectivity index (χ0v) is 13.8. The fourth-order valence-corrected chi connectivity index (χ4v) is 5.01. The number of hydrogen-bond donors (Lipinski definition) is 0. The molecule has 0 aromatic heterocycles. The minimum absolute atomic E-state index is 0.0993. The summed E-state index contributed by atoms with van der Waals surface area (Å²) >= 11 is 0. The summed E-state index contributed by atoms with van der Waals surface area (Å²) in [7, 11) is -0.453. The maximum Gasteiger partial charge on any atom is 0.309 e. The monoisotopic (exact) mass is 318 g/mol. The van der Waals surface area contributed by atoms with Crippen LogP contribution in [0.2, 0.25) is 0 Å². The van der Waals surface area contributed by atoms with Crippen molar-refractivity contribution >= 4 is 16.2 Å². The second-order valence-electron chi connectivity index (χ2n) is 6.04. The van der Waals surface area contributed by atoms with E-state index < -0.39 is 10.2 Å². The molecule has 0 radical (unpaired) electrons. The van der Waals surface area contributed by atoms with Gasteiger partial charge < -0.3 is 4.74 Å². The predicted octanol–water partition coefficient (Wildman–Crippen LogP) is 1.38. The van der Waals surface area contributed by atoms with Crippen molar-refractivity contribution in [1.29, 1.82) is 0 Å². The summed E-state index contributed by atoms with van der Waals surface area (Å²) in [5, 5.41) is 0. The minimum atomic E-state index is -3.48. The van der Waals surface area contributed by atoms with E-state index in [9.17, 15) is 13.2 Å². The molecule has 0 N–H and O–H groups in total. The molecule has 2 rings (SSSR count). The lowest BCUT2D eigenvalue weighted by atomic mass is 9.96. The van der Waals surface area contributed by atoms with Crippen LogP contribution in [-0.2, 0) is 19.7 Å². The van der Waals surface area contributed by atoms with Gasteiger partial charge in [0.15, 0.2) is 0 Å². The Morgan fingerprint density at radius 3 is 2.43 bits per heavy atom. The van der Waals surface area contributed by atoms with Crippen LogP contribution in [-0.4, -0.2) is 56.3 Å². The van der Waals surface area contributed by atoms with E-state index in [4.69, 9.17) is 4.74 Å².